The van der Waals surface area contributed by atoms with Gasteiger partial charge in [-0.05, 0) is 26.7 Å². The molecule has 7 heteroatoms. The van der Waals surface area contributed by atoms with Crippen LogP contribution in [-0.2, 0) is 4.74 Å². The maximum Gasteiger partial charge on any atom is 0.405 e. The molecule has 17 heavy (non-hydrogen) atoms. The highest BCUT2D eigenvalue weighted by atomic mass is 16.6. The Bertz CT molecular complexity index is 262. The number of carbonyl (C=O) groups is 1. The number of aliphatic hydroxyl groups excluding tert-OH is 2. The number of nitrogens with one attached hydrogen (secondary N) is 1. The third-order valence-electron chi connectivity index (χ3n) is 2.75. The Kier molecular flexibility index (Phi) is 4.70. The number of hydrogen-bond donors (Lipinski definition) is 4. The molecule has 5 N–H and O–H groups in total. The number of nitrogens with two attached hydrogens (primary N) is 1. The van der Waals surface area contributed by atoms with Gasteiger partial charge in [-0.3, -0.25) is 5.32 Å². The number of carbonyl (C=O) groups excluding carboxylic acids is 1. The Balaban J connectivity index is 2.29. The van der Waals surface area contributed by atoms with Crippen molar-refractivity contribution in [2.75, 3.05) is 13.1 Å². The zero-order valence-electron chi connectivity index (χ0n) is 10.2. The summed E-state index contributed by atoms with van der Waals surface area (Å²) in [7, 11) is 0. The van der Waals surface area contributed by atoms with Crippen molar-refractivity contribution in [3.8, 4) is 0 Å². The van der Waals surface area contributed by atoms with Crippen molar-refractivity contribution in [1.82, 2.24) is 10.2 Å². The Morgan fingerprint density at radius 1 is 1.59 bits per heavy atom. The van der Waals surface area contributed by atoms with Gasteiger partial charge < -0.3 is 20.7 Å². The van der Waals surface area contributed by atoms with Gasteiger partial charge in [0.1, 0.15) is 11.8 Å². The molecule has 7 nitrogen and oxygen atoms in total. The molecular weight excluding hydrogens is 226 g/mol. The van der Waals surface area contributed by atoms with Crippen LogP contribution in [0.15, 0.2) is 0 Å². The van der Waals surface area contributed by atoms with Crippen LogP contribution >= 0.6 is 0 Å². The van der Waals surface area contributed by atoms with Gasteiger partial charge in [0.25, 0.3) is 0 Å². The molecule has 2 atom stereocenters. The second-order valence-corrected chi connectivity index (χ2v) is 4.78. The van der Waals surface area contributed by atoms with Crippen molar-refractivity contribution in [3.05, 3.63) is 0 Å². The summed E-state index contributed by atoms with van der Waals surface area (Å²) >= 11 is 0. The third-order valence-corrected chi connectivity index (χ3v) is 2.75. The minimum absolute atomic E-state index is 0.350. The third kappa shape index (κ3) is 4.47. The maximum atomic E-state index is 10.6. The molecule has 1 aliphatic heterocycles. The monoisotopic (exact) mass is 247 g/mol. The van der Waals surface area contributed by atoms with Crippen molar-refractivity contribution in [2.45, 2.75) is 44.9 Å². The van der Waals surface area contributed by atoms with Crippen LogP contribution in [0.4, 0.5) is 4.79 Å². The smallest absolute Gasteiger partial charge is 0.405 e. The van der Waals surface area contributed by atoms with E-state index in [0.29, 0.717) is 25.9 Å². The van der Waals surface area contributed by atoms with Crippen LogP contribution in [-0.4, -0.2) is 52.5 Å². The number of amides is 1. The van der Waals surface area contributed by atoms with E-state index in [0.717, 1.165) is 0 Å². The number of rotatable bonds is 5. The summed E-state index contributed by atoms with van der Waals surface area (Å²) in [6.45, 7) is 4.41. The van der Waals surface area contributed by atoms with E-state index < -0.39 is 24.3 Å². The Hall–Kier alpha value is -0.890. The van der Waals surface area contributed by atoms with E-state index in [-0.39, 0.29) is 0 Å². The predicted molar refractivity (Wildman–Crippen MR) is 60.7 cm³/mol. The van der Waals surface area contributed by atoms with Crippen molar-refractivity contribution < 1.29 is 19.7 Å². The van der Waals surface area contributed by atoms with E-state index >= 15 is 0 Å². The van der Waals surface area contributed by atoms with E-state index in [9.17, 15) is 15.0 Å². The van der Waals surface area contributed by atoms with E-state index in [4.69, 9.17) is 10.5 Å². The molecule has 0 aromatic carbocycles. The van der Waals surface area contributed by atoms with Crippen LogP contribution in [0.5, 0.6) is 0 Å². The number of aliphatic hydroxyl groups is 2. The van der Waals surface area contributed by atoms with Gasteiger partial charge in [0.15, 0.2) is 6.35 Å². The molecular formula is C10H21N3O4. The molecule has 0 radical (unpaired) electrons. The number of hydrogen-bond acceptors (Lipinski definition) is 6. The Morgan fingerprint density at radius 3 is 2.71 bits per heavy atom. The van der Waals surface area contributed by atoms with Gasteiger partial charge in [-0.1, -0.05) is 0 Å². The minimum Gasteiger partial charge on any atom is -0.444 e. The maximum absolute atomic E-state index is 10.6. The fraction of sp³-hybridized carbons (Fsp3) is 0.900. The zero-order valence-corrected chi connectivity index (χ0v) is 10.2. The Morgan fingerprint density at radius 2 is 2.24 bits per heavy atom. The molecule has 1 aliphatic rings. The number of nitrogens with zero attached hydrogens (tertiary/aromatic N) is 1. The summed E-state index contributed by atoms with van der Waals surface area (Å²) in [6.07, 6.45) is -1.00. The molecule has 0 aromatic rings. The van der Waals surface area contributed by atoms with E-state index in [1.54, 1.807) is 18.7 Å². The molecule has 0 saturated carbocycles. The van der Waals surface area contributed by atoms with Gasteiger partial charge in [-0.15, -0.1) is 0 Å². The molecule has 2 unspecified atom stereocenters. The van der Waals surface area contributed by atoms with Gasteiger partial charge in [-0.2, -0.15) is 0 Å². The van der Waals surface area contributed by atoms with Gasteiger partial charge in [0.05, 0.1) is 0 Å². The van der Waals surface area contributed by atoms with Crippen molar-refractivity contribution in [3.63, 3.8) is 0 Å². The topological polar surface area (TPSA) is 108 Å². The number of primary amides is 1. The molecule has 0 aromatic heterocycles. The lowest BCUT2D eigenvalue weighted by atomic mass is 10.0. The first-order valence-corrected chi connectivity index (χ1v) is 5.65. The fourth-order valence-corrected chi connectivity index (χ4v) is 1.89. The van der Waals surface area contributed by atoms with Crippen LogP contribution in [0.25, 0.3) is 0 Å². The zero-order chi connectivity index (χ0) is 13.1. The predicted octanol–water partition coefficient (Wildman–Crippen LogP) is -0.860. The summed E-state index contributed by atoms with van der Waals surface area (Å²) in [5, 5.41) is 21.7. The normalized spacial score (nSPS) is 26.1. The Labute approximate surface area is 101 Å². The summed E-state index contributed by atoms with van der Waals surface area (Å²) in [6, 6.07) is 0. The van der Waals surface area contributed by atoms with E-state index in [1.165, 1.54) is 0 Å². The lowest BCUT2D eigenvalue weighted by Crippen LogP contribution is -2.40. The van der Waals surface area contributed by atoms with Crippen LogP contribution < -0.4 is 11.1 Å². The molecule has 1 rings (SSSR count). The fourth-order valence-electron chi connectivity index (χ4n) is 1.89. The van der Waals surface area contributed by atoms with Crippen LogP contribution in [0.1, 0.15) is 26.7 Å². The highest BCUT2D eigenvalue weighted by Crippen LogP contribution is 2.18. The lowest BCUT2D eigenvalue weighted by Gasteiger charge is -2.27. The molecule has 0 aliphatic carbocycles. The first-order valence-electron chi connectivity index (χ1n) is 5.65. The molecule has 0 spiro atoms. The van der Waals surface area contributed by atoms with Gasteiger partial charge >= 0.3 is 6.09 Å². The van der Waals surface area contributed by atoms with Crippen LogP contribution in [0.2, 0.25) is 0 Å². The summed E-state index contributed by atoms with van der Waals surface area (Å²) in [5.41, 5.74) is 4.32. The first-order chi connectivity index (χ1) is 7.82. The SMILES string of the molecule is CC(C)(CCCN1C(O)CNC1O)OC(N)=O. The standard InChI is InChI=1S/C10H21N3O4/c1-10(2,17-8(11)15)4-3-5-13-7(14)6-12-9(13)16/h7,9,12,14,16H,3-6H2,1-2H3,(H2,11,15). The van der Waals surface area contributed by atoms with Gasteiger partial charge in [-0.25, -0.2) is 9.69 Å². The second-order valence-electron chi connectivity index (χ2n) is 4.78. The number of ether oxygens (including phenoxy) is 1. The van der Waals surface area contributed by atoms with Crippen molar-refractivity contribution >= 4 is 6.09 Å². The average molecular weight is 247 g/mol. The van der Waals surface area contributed by atoms with Crippen molar-refractivity contribution in [1.29, 1.82) is 0 Å². The van der Waals surface area contributed by atoms with E-state index in [1.807, 2.05) is 0 Å². The first kappa shape index (κ1) is 14.2. The minimum atomic E-state index is -0.815. The molecule has 1 heterocycles. The highest BCUT2D eigenvalue weighted by Gasteiger charge is 2.30. The quantitative estimate of drug-likeness (QED) is 0.503. The summed E-state index contributed by atoms with van der Waals surface area (Å²) in [5.74, 6) is 0. The lowest BCUT2D eigenvalue weighted by molar-refractivity contribution is -0.0598. The van der Waals surface area contributed by atoms with Gasteiger partial charge in [0.2, 0.25) is 0 Å². The molecule has 0 bridgehead atoms. The molecule has 100 valence electrons. The largest absolute Gasteiger partial charge is 0.444 e. The van der Waals surface area contributed by atoms with Crippen LogP contribution in [0, 0.1) is 0 Å². The van der Waals surface area contributed by atoms with Crippen LogP contribution in [0.3, 0.4) is 0 Å². The molecule has 1 amide bonds. The number of β-amino-alcohol motifs (C(OH)–C–C–N with tert-alkyl or cyclic N) is 1. The van der Waals surface area contributed by atoms with Crippen molar-refractivity contribution in [2.24, 2.45) is 5.73 Å². The highest BCUT2D eigenvalue weighted by molar-refractivity contribution is 5.65. The summed E-state index contributed by atoms with van der Waals surface area (Å²) in [4.78, 5) is 12.2. The molecule has 1 fully saturated rings. The average Bonchev–Trinajstić information content (AvgIpc) is 2.46. The molecule has 1 saturated heterocycles. The van der Waals surface area contributed by atoms with Gasteiger partial charge in [0, 0.05) is 13.1 Å². The second kappa shape index (κ2) is 5.63. The van der Waals surface area contributed by atoms with E-state index in [2.05, 4.69) is 5.32 Å². The summed E-state index contributed by atoms with van der Waals surface area (Å²) < 4.78 is 4.94.